The van der Waals surface area contributed by atoms with Crippen LogP contribution in [0.15, 0.2) is 41.1 Å². The number of carbonyl (C=O) groups is 1. The Bertz CT molecular complexity index is 654. The second-order valence-electron chi connectivity index (χ2n) is 5.22. The molecule has 3 rings (SSSR count). The lowest BCUT2D eigenvalue weighted by Crippen LogP contribution is -2.38. The van der Waals surface area contributed by atoms with Crippen molar-refractivity contribution in [3.05, 3.63) is 46.7 Å². The van der Waals surface area contributed by atoms with E-state index in [-0.39, 0.29) is 24.4 Å². The van der Waals surface area contributed by atoms with Crippen molar-refractivity contribution in [2.75, 3.05) is 20.1 Å². The molecule has 1 amide bonds. The van der Waals surface area contributed by atoms with E-state index < -0.39 is 0 Å². The van der Waals surface area contributed by atoms with Crippen LogP contribution in [0.5, 0.6) is 0 Å². The molecule has 0 bridgehead atoms. The number of aromatic nitrogens is 2. The molecule has 1 N–H and O–H groups in total. The zero-order valence-corrected chi connectivity index (χ0v) is 14.6. The Morgan fingerprint density at radius 1 is 1.50 bits per heavy atom. The quantitative estimate of drug-likeness (QED) is 0.883. The van der Waals surface area contributed by atoms with Gasteiger partial charge in [-0.1, -0.05) is 22.0 Å². The first-order valence-electron chi connectivity index (χ1n) is 6.93. The summed E-state index contributed by atoms with van der Waals surface area (Å²) < 4.78 is 2.70. The summed E-state index contributed by atoms with van der Waals surface area (Å²) in [7, 11) is 1.86. The summed E-state index contributed by atoms with van der Waals surface area (Å²) in [5.74, 6) is 0.0185. The van der Waals surface area contributed by atoms with Crippen LogP contribution in [0.4, 0.5) is 0 Å². The molecule has 118 valence electrons. The van der Waals surface area contributed by atoms with Gasteiger partial charge >= 0.3 is 0 Å². The first kappa shape index (κ1) is 17.0. The van der Waals surface area contributed by atoms with Crippen LogP contribution in [0, 0.1) is 0 Å². The maximum atomic E-state index is 12.5. The number of likely N-dealkylation sites (N-methyl/N-ethyl adjacent to an activating group) is 1. The number of nitrogens with zero attached hydrogens (tertiary/aromatic N) is 3. The Labute approximate surface area is 144 Å². The Kier molecular flexibility index (Phi) is 5.61. The smallest absolute Gasteiger partial charge is 0.257 e. The van der Waals surface area contributed by atoms with Crippen molar-refractivity contribution in [3.63, 3.8) is 0 Å². The molecule has 1 aromatic carbocycles. The molecule has 1 aliphatic rings. The molecule has 22 heavy (non-hydrogen) atoms. The Morgan fingerprint density at radius 3 is 3.00 bits per heavy atom. The lowest BCUT2D eigenvalue weighted by atomic mass is 10.2. The number of benzene rings is 1. The molecule has 1 aliphatic heterocycles. The van der Waals surface area contributed by atoms with E-state index in [0.717, 1.165) is 29.7 Å². The minimum absolute atomic E-state index is 0. The number of amides is 1. The zero-order chi connectivity index (χ0) is 14.8. The van der Waals surface area contributed by atoms with E-state index in [2.05, 4.69) is 26.3 Å². The van der Waals surface area contributed by atoms with Gasteiger partial charge in [-0.15, -0.1) is 12.4 Å². The number of halogens is 2. The first-order valence-corrected chi connectivity index (χ1v) is 7.73. The number of rotatable bonds is 3. The zero-order valence-electron chi connectivity index (χ0n) is 12.2. The van der Waals surface area contributed by atoms with Crippen LogP contribution >= 0.6 is 28.3 Å². The largest absolute Gasteiger partial charge is 0.337 e. The van der Waals surface area contributed by atoms with Crippen LogP contribution in [0.3, 0.4) is 0 Å². The normalized spacial score (nSPS) is 17.1. The molecular formula is C15H18BrClN4O. The third-order valence-corrected chi connectivity index (χ3v) is 4.30. The third-order valence-electron chi connectivity index (χ3n) is 3.80. The van der Waals surface area contributed by atoms with Crippen LogP contribution in [-0.2, 0) is 0 Å². The Hall–Kier alpha value is -1.37. The van der Waals surface area contributed by atoms with E-state index in [9.17, 15) is 4.79 Å². The van der Waals surface area contributed by atoms with Gasteiger partial charge in [0.1, 0.15) is 0 Å². The van der Waals surface area contributed by atoms with E-state index >= 15 is 0 Å². The predicted octanol–water partition coefficient (Wildman–Crippen LogP) is 2.49. The lowest BCUT2D eigenvalue weighted by Gasteiger charge is -2.22. The summed E-state index contributed by atoms with van der Waals surface area (Å²) in [4.78, 5) is 14.3. The van der Waals surface area contributed by atoms with Crippen LogP contribution in [0.1, 0.15) is 16.8 Å². The second-order valence-corrected chi connectivity index (χ2v) is 6.13. The molecule has 0 saturated carbocycles. The van der Waals surface area contributed by atoms with Crippen LogP contribution in [0.25, 0.3) is 5.69 Å². The molecule has 2 aromatic rings. The molecule has 1 atom stereocenters. The Morgan fingerprint density at radius 2 is 2.32 bits per heavy atom. The van der Waals surface area contributed by atoms with E-state index in [1.165, 1.54) is 0 Å². The summed E-state index contributed by atoms with van der Waals surface area (Å²) in [6.45, 7) is 1.83. The molecule has 0 radical (unpaired) electrons. The molecule has 5 nitrogen and oxygen atoms in total. The SMILES string of the molecule is CN(C(=O)c1cnn(-c2cccc(Br)c2)c1)C1CCNC1.Cl. The van der Waals surface area contributed by atoms with Crippen molar-refractivity contribution in [2.24, 2.45) is 0 Å². The highest BCUT2D eigenvalue weighted by Crippen LogP contribution is 2.16. The molecule has 2 heterocycles. The molecule has 1 fully saturated rings. The molecule has 1 aromatic heterocycles. The number of hydrogen-bond acceptors (Lipinski definition) is 3. The van der Waals surface area contributed by atoms with Gasteiger partial charge in [0.05, 0.1) is 17.4 Å². The number of carbonyl (C=O) groups excluding carboxylic acids is 1. The molecule has 1 unspecified atom stereocenters. The van der Waals surface area contributed by atoms with Crippen molar-refractivity contribution in [3.8, 4) is 5.69 Å². The van der Waals surface area contributed by atoms with Gasteiger partial charge in [0.25, 0.3) is 5.91 Å². The summed E-state index contributed by atoms with van der Waals surface area (Å²) in [6.07, 6.45) is 4.41. The van der Waals surface area contributed by atoms with E-state index in [0.29, 0.717) is 5.56 Å². The summed E-state index contributed by atoms with van der Waals surface area (Å²) in [5, 5.41) is 7.57. The van der Waals surface area contributed by atoms with Crippen molar-refractivity contribution >= 4 is 34.2 Å². The predicted molar refractivity (Wildman–Crippen MR) is 91.9 cm³/mol. The van der Waals surface area contributed by atoms with Gasteiger partial charge in [0.15, 0.2) is 0 Å². The fourth-order valence-electron chi connectivity index (χ4n) is 2.53. The average Bonchev–Trinajstić information content (AvgIpc) is 3.17. The summed E-state index contributed by atoms with van der Waals surface area (Å²) in [6, 6.07) is 8.09. The maximum Gasteiger partial charge on any atom is 0.257 e. The number of nitrogens with one attached hydrogen (secondary N) is 1. The standard InChI is InChI=1S/C15H17BrN4O.ClH/c1-19(14-5-6-17-9-14)15(21)11-8-18-20(10-11)13-4-2-3-12(16)7-13;/h2-4,7-8,10,14,17H,5-6,9H2,1H3;1H. The Balaban J connectivity index is 0.00000176. The fourth-order valence-corrected chi connectivity index (χ4v) is 2.92. The minimum Gasteiger partial charge on any atom is -0.337 e. The minimum atomic E-state index is 0. The van der Waals surface area contributed by atoms with Gasteiger partial charge < -0.3 is 10.2 Å². The van der Waals surface area contributed by atoms with Crippen LogP contribution in [0.2, 0.25) is 0 Å². The van der Waals surface area contributed by atoms with Gasteiger partial charge in [-0.25, -0.2) is 4.68 Å². The number of hydrogen-bond donors (Lipinski definition) is 1. The van der Waals surface area contributed by atoms with Gasteiger partial charge in [0, 0.05) is 30.3 Å². The topological polar surface area (TPSA) is 50.2 Å². The highest BCUT2D eigenvalue weighted by molar-refractivity contribution is 9.10. The van der Waals surface area contributed by atoms with Gasteiger partial charge in [0.2, 0.25) is 0 Å². The highest BCUT2D eigenvalue weighted by atomic mass is 79.9. The molecule has 0 spiro atoms. The van der Waals surface area contributed by atoms with Crippen LogP contribution < -0.4 is 5.32 Å². The van der Waals surface area contributed by atoms with Crippen LogP contribution in [-0.4, -0.2) is 46.8 Å². The fraction of sp³-hybridized carbons (Fsp3) is 0.333. The van der Waals surface area contributed by atoms with Crippen molar-refractivity contribution < 1.29 is 4.79 Å². The first-order chi connectivity index (χ1) is 10.1. The summed E-state index contributed by atoms with van der Waals surface area (Å²) in [5.41, 5.74) is 1.54. The van der Waals surface area contributed by atoms with E-state index in [1.807, 2.05) is 36.2 Å². The third kappa shape index (κ3) is 3.51. The highest BCUT2D eigenvalue weighted by Gasteiger charge is 2.24. The lowest BCUT2D eigenvalue weighted by molar-refractivity contribution is 0.0744. The maximum absolute atomic E-state index is 12.5. The second kappa shape index (κ2) is 7.26. The molecule has 0 aliphatic carbocycles. The van der Waals surface area contributed by atoms with E-state index in [4.69, 9.17) is 0 Å². The van der Waals surface area contributed by atoms with E-state index in [1.54, 1.807) is 17.1 Å². The monoisotopic (exact) mass is 384 g/mol. The van der Waals surface area contributed by atoms with Gasteiger partial charge in [-0.2, -0.15) is 5.10 Å². The molecule has 1 saturated heterocycles. The van der Waals surface area contributed by atoms with Crippen molar-refractivity contribution in [1.29, 1.82) is 0 Å². The average molecular weight is 386 g/mol. The van der Waals surface area contributed by atoms with Crippen molar-refractivity contribution in [1.82, 2.24) is 20.0 Å². The molecular weight excluding hydrogens is 368 g/mol. The molecule has 7 heteroatoms. The summed E-state index contributed by atoms with van der Waals surface area (Å²) >= 11 is 3.44. The van der Waals surface area contributed by atoms with Gasteiger partial charge in [-0.05, 0) is 31.2 Å². The van der Waals surface area contributed by atoms with Gasteiger partial charge in [-0.3, -0.25) is 4.79 Å². The van der Waals surface area contributed by atoms with Crippen molar-refractivity contribution in [2.45, 2.75) is 12.5 Å².